The monoisotopic (exact) mass is 456 g/mol. The molecule has 1 unspecified atom stereocenters. The molecule has 1 aliphatic heterocycles. The molecule has 0 aliphatic carbocycles. The highest BCUT2D eigenvalue weighted by Gasteiger charge is 2.39. The molecule has 33 heavy (non-hydrogen) atoms. The summed E-state index contributed by atoms with van der Waals surface area (Å²) in [6.45, 7) is 9.01. The molecule has 1 aliphatic rings. The van der Waals surface area contributed by atoms with Crippen LogP contribution in [0.1, 0.15) is 63.0 Å². The van der Waals surface area contributed by atoms with Crippen molar-refractivity contribution in [1.82, 2.24) is 15.5 Å². The zero-order valence-electron chi connectivity index (χ0n) is 19.6. The van der Waals surface area contributed by atoms with E-state index in [-0.39, 0.29) is 17.8 Å². The van der Waals surface area contributed by atoms with Crippen molar-refractivity contribution in [1.29, 1.82) is 0 Å². The molecule has 1 heterocycles. The second-order valence-corrected chi connectivity index (χ2v) is 8.27. The number of hydrogen-bond acceptors (Lipinski definition) is 5. The predicted molar refractivity (Wildman–Crippen MR) is 126 cm³/mol. The molecule has 2 atom stereocenters. The third-order valence-corrected chi connectivity index (χ3v) is 5.86. The molecule has 1 saturated heterocycles. The lowest BCUT2D eigenvalue weighted by Gasteiger charge is -2.31. The molecule has 2 amide bonds. The number of esters is 1. The summed E-state index contributed by atoms with van der Waals surface area (Å²) >= 11 is 0. The number of likely N-dealkylation sites (tertiary alicyclic amines) is 1. The molecule has 8 nitrogen and oxygen atoms in total. The first kappa shape index (κ1) is 26.3. The van der Waals surface area contributed by atoms with Crippen molar-refractivity contribution in [3.05, 3.63) is 47.3 Å². The summed E-state index contributed by atoms with van der Waals surface area (Å²) in [7, 11) is 1.38. The number of unbranched alkanes of at least 4 members (excludes halogenated alkanes) is 3. The number of nitrogens with one attached hydrogen (secondary N) is 2. The van der Waals surface area contributed by atoms with Crippen molar-refractivity contribution in [3.63, 3.8) is 0 Å². The fourth-order valence-corrected chi connectivity index (χ4v) is 4.14. The Morgan fingerprint density at radius 2 is 1.82 bits per heavy atom. The molecular weight excluding hydrogens is 420 g/mol. The third kappa shape index (κ3) is 8.85. The zero-order valence-corrected chi connectivity index (χ0v) is 19.6. The summed E-state index contributed by atoms with van der Waals surface area (Å²) in [5.41, 5.74) is 0.856. The maximum absolute atomic E-state index is 13.1. The fourth-order valence-electron chi connectivity index (χ4n) is 4.14. The van der Waals surface area contributed by atoms with Crippen LogP contribution in [0.15, 0.2) is 30.3 Å². The molecule has 0 saturated carbocycles. The standard InChI is InChI=1S/C25H36N4O4/c1-26-16-8-4-7-15-22(30)27-17-9-10-18-28-24(31)23(20-12-5-3-6-13-20)29-19-11-14-21(29)25(32)33-2/h3,5-6,12-13,21,23H,4,7-11,14-19H2,2H3,(H,27,30)(H,28,31)/t21-,23?/m0/s1. The normalized spacial score (nSPS) is 16.5. The molecule has 0 bridgehead atoms. The van der Waals surface area contributed by atoms with Gasteiger partial charge >= 0.3 is 5.97 Å². The molecule has 8 heteroatoms. The largest absolute Gasteiger partial charge is 0.468 e. The Labute approximate surface area is 196 Å². The minimum absolute atomic E-state index is 0.0360. The van der Waals surface area contributed by atoms with E-state index >= 15 is 0 Å². The SMILES string of the molecule is [C-]#[N+]CCCCCC(=O)NCCCCNC(=O)C(c1ccccc1)N1CCC[C@H]1C(=O)OC. The van der Waals surface area contributed by atoms with Gasteiger partial charge in [0.05, 0.1) is 7.11 Å². The highest BCUT2D eigenvalue weighted by atomic mass is 16.5. The number of ether oxygens (including phenoxy) is 1. The molecule has 2 N–H and O–H groups in total. The lowest BCUT2D eigenvalue weighted by Crippen LogP contribution is -2.46. The van der Waals surface area contributed by atoms with E-state index in [0.717, 1.165) is 44.1 Å². The van der Waals surface area contributed by atoms with Gasteiger partial charge in [0.25, 0.3) is 0 Å². The predicted octanol–water partition coefficient (Wildman–Crippen LogP) is 2.86. The van der Waals surface area contributed by atoms with Crippen LogP contribution in [0.25, 0.3) is 4.85 Å². The van der Waals surface area contributed by atoms with Gasteiger partial charge in [-0.05, 0) is 44.1 Å². The topological polar surface area (TPSA) is 92.1 Å². The van der Waals surface area contributed by atoms with Crippen molar-refractivity contribution in [2.75, 3.05) is 33.3 Å². The first-order chi connectivity index (χ1) is 16.1. The van der Waals surface area contributed by atoms with Crippen LogP contribution >= 0.6 is 0 Å². The van der Waals surface area contributed by atoms with E-state index in [1.807, 2.05) is 35.2 Å². The van der Waals surface area contributed by atoms with E-state index < -0.39 is 12.1 Å². The van der Waals surface area contributed by atoms with Crippen LogP contribution < -0.4 is 10.6 Å². The van der Waals surface area contributed by atoms with Gasteiger partial charge in [-0.25, -0.2) is 6.57 Å². The maximum atomic E-state index is 13.1. The molecule has 1 aromatic carbocycles. The number of hydrogen-bond donors (Lipinski definition) is 2. The van der Waals surface area contributed by atoms with Gasteiger partial charge in [-0.3, -0.25) is 19.3 Å². The van der Waals surface area contributed by atoms with Gasteiger partial charge in [-0.15, -0.1) is 0 Å². The second kappa shape index (κ2) is 15.0. The quantitative estimate of drug-likeness (QED) is 0.255. The number of rotatable bonds is 14. The Morgan fingerprint density at radius 3 is 2.52 bits per heavy atom. The summed E-state index contributed by atoms with van der Waals surface area (Å²) < 4.78 is 4.96. The van der Waals surface area contributed by atoms with Gasteiger partial charge in [0.2, 0.25) is 18.4 Å². The van der Waals surface area contributed by atoms with Crippen LogP contribution in [-0.4, -0.2) is 62.0 Å². The number of methoxy groups -OCH3 is 1. The van der Waals surface area contributed by atoms with Crippen LogP contribution in [0, 0.1) is 6.57 Å². The van der Waals surface area contributed by atoms with Crippen molar-refractivity contribution in [3.8, 4) is 0 Å². The van der Waals surface area contributed by atoms with Gasteiger partial charge in [-0.1, -0.05) is 30.3 Å². The number of carbonyl (C=O) groups excluding carboxylic acids is 3. The van der Waals surface area contributed by atoms with Crippen molar-refractivity contribution in [2.24, 2.45) is 0 Å². The maximum Gasteiger partial charge on any atom is 0.323 e. The van der Waals surface area contributed by atoms with Gasteiger partial charge in [0.15, 0.2) is 0 Å². The first-order valence-corrected chi connectivity index (χ1v) is 11.8. The smallest absolute Gasteiger partial charge is 0.323 e. The van der Waals surface area contributed by atoms with Gasteiger partial charge in [-0.2, -0.15) is 0 Å². The van der Waals surface area contributed by atoms with Gasteiger partial charge in [0.1, 0.15) is 12.1 Å². The molecule has 180 valence electrons. The minimum atomic E-state index is -0.541. The van der Waals surface area contributed by atoms with Gasteiger partial charge in [0, 0.05) is 32.5 Å². The van der Waals surface area contributed by atoms with Crippen molar-refractivity contribution < 1.29 is 19.1 Å². The average molecular weight is 457 g/mol. The molecule has 0 radical (unpaired) electrons. The zero-order chi connectivity index (χ0) is 23.9. The van der Waals surface area contributed by atoms with Crippen LogP contribution in [0.3, 0.4) is 0 Å². The Balaban J connectivity index is 1.77. The van der Waals surface area contributed by atoms with Crippen LogP contribution in [0.5, 0.6) is 0 Å². The molecule has 0 spiro atoms. The van der Waals surface area contributed by atoms with E-state index in [0.29, 0.717) is 39.0 Å². The Kier molecular flexibility index (Phi) is 12.0. The molecular formula is C25H36N4O4. The summed E-state index contributed by atoms with van der Waals surface area (Å²) in [6, 6.07) is 8.56. The molecule has 1 fully saturated rings. The number of carbonyl (C=O) groups is 3. The molecule has 2 rings (SSSR count). The molecule has 0 aromatic heterocycles. The summed E-state index contributed by atoms with van der Waals surface area (Å²) in [6.07, 6.45) is 6.09. The van der Waals surface area contributed by atoms with E-state index in [1.54, 1.807) is 0 Å². The third-order valence-electron chi connectivity index (χ3n) is 5.86. The van der Waals surface area contributed by atoms with Crippen LogP contribution in [-0.2, 0) is 19.1 Å². The first-order valence-electron chi connectivity index (χ1n) is 11.8. The van der Waals surface area contributed by atoms with Crippen LogP contribution in [0.2, 0.25) is 0 Å². The van der Waals surface area contributed by atoms with Crippen molar-refractivity contribution in [2.45, 2.75) is 63.5 Å². The summed E-state index contributed by atoms with van der Waals surface area (Å²) in [5, 5.41) is 5.92. The lowest BCUT2D eigenvalue weighted by molar-refractivity contribution is -0.147. The van der Waals surface area contributed by atoms with Gasteiger partial charge < -0.3 is 20.2 Å². The molecule has 1 aromatic rings. The highest BCUT2D eigenvalue weighted by molar-refractivity contribution is 5.85. The lowest BCUT2D eigenvalue weighted by atomic mass is 10.0. The minimum Gasteiger partial charge on any atom is -0.468 e. The Morgan fingerprint density at radius 1 is 1.09 bits per heavy atom. The Hall–Kier alpha value is -2.92. The fraction of sp³-hybridized carbons (Fsp3) is 0.600. The van der Waals surface area contributed by atoms with Crippen LogP contribution in [0.4, 0.5) is 0 Å². The van der Waals surface area contributed by atoms with E-state index in [4.69, 9.17) is 11.3 Å². The Bertz CT molecular complexity index is 793. The highest BCUT2D eigenvalue weighted by Crippen LogP contribution is 2.30. The van der Waals surface area contributed by atoms with E-state index in [2.05, 4.69) is 15.5 Å². The number of benzene rings is 1. The summed E-state index contributed by atoms with van der Waals surface area (Å²) in [4.78, 5) is 42.4. The number of amides is 2. The average Bonchev–Trinajstić information content (AvgIpc) is 3.30. The van der Waals surface area contributed by atoms with Crippen molar-refractivity contribution >= 4 is 17.8 Å². The summed E-state index contributed by atoms with van der Waals surface area (Å²) in [5.74, 6) is -0.391. The van der Waals surface area contributed by atoms with E-state index in [1.165, 1.54) is 7.11 Å². The second-order valence-electron chi connectivity index (χ2n) is 8.27. The number of nitrogens with zero attached hydrogens (tertiary/aromatic N) is 2. The van der Waals surface area contributed by atoms with E-state index in [9.17, 15) is 14.4 Å².